The van der Waals surface area contributed by atoms with Gasteiger partial charge in [-0.25, -0.2) is 4.98 Å². The summed E-state index contributed by atoms with van der Waals surface area (Å²) >= 11 is 0. The Morgan fingerprint density at radius 3 is 2.75 bits per heavy atom. The molecule has 1 atom stereocenters. The lowest BCUT2D eigenvalue weighted by atomic mass is 10.0. The van der Waals surface area contributed by atoms with Crippen molar-refractivity contribution in [3.8, 4) is 0 Å². The Morgan fingerprint density at radius 2 is 2.11 bits per heavy atom. The fourth-order valence-corrected chi connectivity index (χ4v) is 3.97. The Hall–Kier alpha value is -0.870. The van der Waals surface area contributed by atoms with Crippen molar-refractivity contribution < 1.29 is 4.74 Å². The molecule has 8 heteroatoms. The highest BCUT2D eigenvalue weighted by atomic mass is 127. The quantitative estimate of drug-likeness (QED) is 0.339. The van der Waals surface area contributed by atoms with Crippen molar-refractivity contribution in [2.45, 2.75) is 52.2 Å². The molecule has 2 aliphatic heterocycles. The predicted molar refractivity (Wildman–Crippen MR) is 124 cm³/mol. The molecule has 7 nitrogen and oxygen atoms in total. The highest BCUT2D eigenvalue weighted by Crippen LogP contribution is 2.17. The maximum absolute atomic E-state index is 5.50. The zero-order chi connectivity index (χ0) is 19.1. The van der Waals surface area contributed by atoms with Crippen LogP contribution < -0.4 is 10.6 Å². The molecule has 0 amide bonds. The largest absolute Gasteiger partial charge is 0.381 e. The Bertz CT molecular complexity index is 591. The number of imidazole rings is 1. The molecular formula is C20H37IN6O. The summed E-state index contributed by atoms with van der Waals surface area (Å²) in [6.45, 7) is 11.5. The number of aromatic nitrogens is 2. The van der Waals surface area contributed by atoms with Crippen LogP contribution in [0.1, 0.15) is 38.9 Å². The molecule has 0 aromatic carbocycles. The minimum absolute atomic E-state index is 0. The van der Waals surface area contributed by atoms with Gasteiger partial charge in [-0.2, -0.15) is 0 Å². The maximum Gasteiger partial charge on any atom is 0.191 e. The average Bonchev–Trinajstić information content (AvgIpc) is 3.32. The highest BCUT2D eigenvalue weighted by molar-refractivity contribution is 14.0. The summed E-state index contributed by atoms with van der Waals surface area (Å²) in [5, 5.41) is 7.02. The van der Waals surface area contributed by atoms with Gasteiger partial charge in [-0.05, 0) is 31.1 Å². The van der Waals surface area contributed by atoms with Crippen molar-refractivity contribution in [2.75, 3.05) is 39.9 Å². The van der Waals surface area contributed by atoms with Gasteiger partial charge in [-0.3, -0.25) is 4.99 Å². The van der Waals surface area contributed by atoms with E-state index >= 15 is 0 Å². The third kappa shape index (κ3) is 7.18. The molecule has 160 valence electrons. The Morgan fingerprint density at radius 1 is 1.32 bits per heavy atom. The van der Waals surface area contributed by atoms with Crippen LogP contribution in [0.25, 0.3) is 0 Å². The number of nitrogens with zero attached hydrogens (tertiary/aromatic N) is 4. The Balaban J connectivity index is 0.00000280. The van der Waals surface area contributed by atoms with Gasteiger partial charge in [0.1, 0.15) is 5.82 Å². The molecule has 1 aromatic rings. The number of likely N-dealkylation sites (tertiary alicyclic amines) is 1. The van der Waals surface area contributed by atoms with Gasteiger partial charge in [0.2, 0.25) is 0 Å². The monoisotopic (exact) mass is 504 g/mol. The first kappa shape index (κ1) is 23.4. The van der Waals surface area contributed by atoms with Crippen molar-refractivity contribution in [2.24, 2.45) is 16.8 Å². The van der Waals surface area contributed by atoms with E-state index in [9.17, 15) is 0 Å². The van der Waals surface area contributed by atoms with Crippen LogP contribution in [-0.4, -0.2) is 66.3 Å². The van der Waals surface area contributed by atoms with Gasteiger partial charge < -0.3 is 24.8 Å². The SMILES string of the molecule is CN=C(NCc1nccn1CC(C)C)NC1CCN(CC2CCOC2)CC1.I. The molecule has 0 saturated carbocycles. The summed E-state index contributed by atoms with van der Waals surface area (Å²) in [7, 11) is 1.84. The summed E-state index contributed by atoms with van der Waals surface area (Å²) in [5.41, 5.74) is 0. The fraction of sp³-hybridized carbons (Fsp3) is 0.800. The van der Waals surface area contributed by atoms with Gasteiger partial charge in [-0.1, -0.05) is 13.8 Å². The molecule has 2 fully saturated rings. The van der Waals surface area contributed by atoms with Crippen LogP contribution in [0.2, 0.25) is 0 Å². The van der Waals surface area contributed by atoms with Crippen molar-refractivity contribution in [1.29, 1.82) is 0 Å². The molecule has 0 spiro atoms. The number of aliphatic imine (C=N–C) groups is 1. The lowest BCUT2D eigenvalue weighted by molar-refractivity contribution is 0.150. The van der Waals surface area contributed by atoms with Crippen LogP contribution in [0, 0.1) is 11.8 Å². The van der Waals surface area contributed by atoms with Crippen molar-refractivity contribution in [1.82, 2.24) is 25.1 Å². The molecule has 0 bridgehead atoms. The molecule has 2 N–H and O–H groups in total. The second kappa shape index (κ2) is 12.0. The standard InChI is InChI=1S/C20H36N6O.HI/c1-16(2)13-26-10-7-22-19(26)12-23-20(21-3)24-18-4-8-25(9-5-18)14-17-6-11-27-15-17;/h7,10,16-18H,4-6,8-9,11-15H2,1-3H3,(H2,21,23,24);1H. The molecule has 3 rings (SSSR count). The average molecular weight is 504 g/mol. The summed E-state index contributed by atoms with van der Waals surface area (Å²) in [4.78, 5) is 11.5. The third-order valence-electron chi connectivity index (χ3n) is 5.47. The minimum Gasteiger partial charge on any atom is -0.381 e. The van der Waals surface area contributed by atoms with Gasteiger partial charge in [0, 0.05) is 58.3 Å². The number of rotatable bonds is 7. The van der Waals surface area contributed by atoms with Crippen molar-refractivity contribution >= 4 is 29.9 Å². The normalized spacial score (nSPS) is 21.7. The van der Waals surface area contributed by atoms with Gasteiger partial charge in [0.15, 0.2) is 5.96 Å². The van der Waals surface area contributed by atoms with Gasteiger partial charge in [-0.15, -0.1) is 24.0 Å². The molecule has 1 aromatic heterocycles. The van der Waals surface area contributed by atoms with Crippen molar-refractivity contribution in [3.05, 3.63) is 18.2 Å². The first-order chi connectivity index (χ1) is 13.1. The molecule has 3 heterocycles. The summed E-state index contributed by atoms with van der Waals surface area (Å²) in [5.74, 6) is 3.27. The van der Waals surface area contributed by atoms with Gasteiger partial charge >= 0.3 is 0 Å². The van der Waals surface area contributed by atoms with E-state index in [1.54, 1.807) is 0 Å². The lowest BCUT2D eigenvalue weighted by Gasteiger charge is -2.34. The first-order valence-corrected chi connectivity index (χ1v) is 10.4. The van der Waals surface area contributed by atoms with Gasteiger partial charge in [0.25, 0.3) is 0 Å². The molecule has 0 aliphatic carbocycles. The topological polar surface area (TPSA) is 66.7 Å². The summed E-state index contributed by atoms with van der Waals surface area (Å²) in [6, 6.07) is 0.489. The van der Waals surface area contributed by atoms with E-state index in [0.29, 0.717) is 18.5 Å². The fourth-order valence-electron chi connectivity index (χ4n) is 3.97. The zero-order valence-corrected chi connectivity index (χ0v) is 19.9. The van der Waals surface area contributed by atoms with Crippen LogP contribution in [0.4, 0.5) is 0 Å². The van der Waals surface area contributed by atoms with Crippen LogP contribution in [0.3, 0.4) is 0 Å². The van der Waals surface area contributed by atoms with E-state index in [1.165, 1.54) is 13.0 Å². The van der Waals surface area contributed by atoms with Crippen molar-refractivity contribution in [3.63, 3.8) is 0 Å². The minimum atomic E-state index is 0. The van der Waals surface area contributed by atoms with E-state index in [4.69, 9.17) is 4.74 Å². The Labute approximate surface area is 186 Å². The molecule has 2 aliphatic rings. The third-order valence-corrected chi connectivity index (χ3v) is 5.47. The number of nitrogens with one attached hydrogen (secondary N) is 2. The number of guanidine groups is 1. The molecule has 2 saturated heterocycles. The van der Waals surface area contributed by atoms with Crippen LogP contribution in [0.15, 0.2) is 17.4 Å². The first-order valence-electron chi connectivity index (χ1n) is 10.4. The molecular weight excluding hydrogens is 467 g/mol. The number of hydrogen-bond donors (Lipinski definition) is 2. The number of hydrogen-bond acceptors (Lipinski definition) is 4. The number of halogens is 1. The van der Waals surface area contributed by atoms with Crippen LogP contribution in [0.5, 0.6) is 0 Å². The van der Waals surface area contributed by atoms with E-state index in [-0.39, 0.29) is 24.0 Å². The second-order valence-corrected chi connectivity index (χ2v) is 8.26. The van der Waals surface area contributed by atoms with Gasteiger partial charge in [0.05, 0.1) is 13.2 Å². The van der Waals surface area contributed by atoms with Crippen LogP contribution in [-0.2, 0) is 17.8 Å². The number of piperidine rings is 1. The number of ether oxygens (including phenoxy) is 1. The Kier molecular flexibility index (Phi) is 10.0. The highest BCUT2D eigenvalue weighted by Gasteiger charge is 2.24. The second-order valence-electron chi connectivity index (χ2n) is 8.26. The lowest BCUT2D eigenvalue weighted by Crippen LogP contribution is -2.49. The molecule has 0 radical (unpaired) electrons. The summed E-state index contributed by atoms with van der Waals surface area (Å²) in [6.07, 6.45) is 7.48. The smallest absolute Gasteiger partial charge is 0.191 e. The van der Waals surface area contributed by atoms with E-state index in [1.807, 2.05) is 13.2 Å². The summed E-state index contributed by atoms with van der Waals surface area (Å²) < 4.78 is 7.72. The molecule has 1 unspecified atom stereocenters. The van der Waals surface area contributed by atoms with E-state index < -0.39 is 0 Å². The van der Waals surface area contributed by atoms with Crippen LogP contribution >= 0.6 is 24.0 Å². The maximum atomic E-state index is 5.50. The van der Waals surface area contributed by atoms with E-state index in [2.05, 4.69) is 50.1 Å². The predicted octanol–water partition coefficient (Wildman–Crippen LogP) is 2.32. The molecule has 28 heavy (non-hydrogen) atoms. The van der Waals surface area contributed by atoms with E-state index in [0.717, 1.165) is 63.4 Å². The zero-order valence-electron chi connectivity index (χ0n) is 17.6.